The van der Waals surface area contributed by atoms with E-state index in [2.05, 4.69) is 5.32 Å². The van der Waals surface area contributed by atoms with Crippen molar-refractivity contribution in [2.24, 2.45) is 5.73 Å². The third-order valence-corrected chi connectivity index (χ3v) is 2.23. The van der Waals surface area contributed by atoms with Crippen LogP contribution in [0.25, 0.3) is 0 Å². The van der Waals surface area contributed by atoms with Crippen molar-refractivity contribution in [2.75, 3.05) is 25.1 Å². The second kappa shape index (κ2) is 6.40. The third kappa shape index (κ3) is 3.43. The molecular formula is C11H15FN2OS. The summed E-state index contributed by atoms with van der Waals surface area (Å²) in [6.07, 6.45) is 0. The van der Waals surface area contributed by atoms with Gasteiger partial charge in [0, 0.05) is 18.8 Å². The van der Waals surface area contributed by atoms with Crippen LogP contribution in [0.1, 0.15) is 12.5 Å². The fourth-order valence-corrected chi connectivity index (χ4v) is 1.53. The standard InChI is InChI=1S/C11H15FN2OS/c1-2-15-7-6-14-9-5-3-4-8(12)10(9)11(13)16/h3-5,14H,2,6-7H2,1H3,(H2,13,16). The normalized spacial score (nSPS) is 10.1. The zero-order valence-corrected chi connectivity index (χ0v) is 9.94. The summed E-state index contributed by atoms with van der Waals surface area (Å²) in [7, 11) is 0. The largest absolute Gasteiger partial charge is 0.389 e. The van der Waals surface area contributed by atoms with E-state index in [0.29, 0.717) is 25.4 Å². The highest BCUT2D eigenvalue weighted by molar-refractivity contribution is 7.80. The minimum Gasteiger partial charge on any atom is -0.389 e. The molecular weight excluding hydrogens is 227 g/mol. The number of ether oxygens (including phenoxy) is 1. The first-order valence-corrected chi connectivity index (χ1v) is 5.47. The van der Waals surface area contributed by atoms with E-state index in [1.807, 2.05) is 6.92 Å². The summed E-state index contributed by atoms with van der Waals surface area (Å²) in [5, 5.41) is 3.04. The van der Waals surface area contributed by atoms with Gasteiger partial charge in [-0.1, -0.05) is 18.3 Å². The molecule has 0 unspecified atom stereocenters. The molecule has 1 aromatic carbocycles. The summed E-state index contributed by atoms with van der Waals surface area (Å²) in [5.74, 6) is -0.408. The van der Waals surface area contributed by atoms with Crippen LogP contribution in [-0.4, -0.2) is 24.7 Å². The first-order chi connectivity index (χ1) is 7.66. The summed E-state index contributed by atoms with van der Waals surface area (Å²) in [4.78, 5) is 0.0528. The van der Waals surface area contributed by atoms with Crippen molar-refractivity contribution in [1.82, 2.24) is 0 Å². The first-order valence-electron chi connectivity index (χ1n) is 5.06. The van der Waals surface area contributed by atoms with Crippen molar-refractivity contribution >= 4 is 22.9 Å². The Balaban J connectivity index is 2.71. The summed E-state index contributed by atoms with van der Waals surface area (Å²) in [6, 6.07) is 4.69. The molecule has 0 radical (unpaired) electrons. The molecule has 3 N–H and O–H groups in total. The van der Waals surface area contributed by atoms with E-state index in [0.717, 1.165) is 0 Å². The molecule has 0 fully saturated rings. The second-order valence-electron chi connectivity index (χ2n) is 3.15. The van der Waals surface area contributed by atoms with Crippen LogP contribution in [0, 0.1) is 5.82 Å². The molecule has 1 aromatic rings. The Bertz CT molecular complexity index is 371. The Morgan fingerprint density at radius 1 is 1.56 bits per heavy atom. The molecule has 0 aliphatic carbocycles. The minimum absolute atomic E-state index is 0.0528. The van der Waals surface area contributed by atoms with E-state index >= 15 is 0 Å². The highest BCUT2D eigenvalue weighted by Crippen LogP contribution is 2.18. The molecule has 1 rings (SSSR count). The lowest BCUT2D eigenvalue weighted by atomic mass is 10.1. The van der Waals surface area contributed by atoms with Crippen LogP contribution >= 0.6 is 12.2 Å². The van der Waals surface area contributed by atoms with Gasteiger partial charge in [0.1, 0.15) is 10.8 Å². The molecule has 3 nitrogen and oxygen atoms in total. The maximum atomic E-state index is 13.4. The van der Waals surface area contributed by atoms with E-state index in [9.17, 15) is 4.39 Å². The van der Waals surface area contributed by atoms with Crippen molar-refractivity contribution in [2.45, 2.75) is 6.92 Å². The monoisotopic (exact) mass is 242 g/mol. The van der Waals surface area contributed by atoms with Gasteiger partial charge in [0.2, 0.25) is 0 Å². The minimum atomic E-state index is -0.408. The Labute approximate surface area is 99.8 Å². The van der Waals surface area contributed by atoms with Gasteiger partial charge in [-0.2, -0.15) is 0 Å². The average Bonchev–Trinajstić information content (AvgIpc) is 2.24. The van der Waals surface area contributed by atoms with Crippen molar-refractivity contribution in [1.29, 1.82) is 0 Å². The SMILES string of the molecule is CCOCCNc1cccc(F)c1C(N)=S. The lowest BCUT2D eigenvalue weighted by Gasteiger charge is -2.11. The van der Waals surface area contributed by atoms with E-state index in [1.165, 1.54) is 6.07 Å². The summed E-state index contributed by atoms with van der Waals surface area (Å²) >= 11 is 4.81. The van der Waals surface area contributed by atoms with Crippen LogP contribution in [0.4, 0.5) is 10.1 Å². The molecule has 0 heterocycles. The highest BCUT2D eigenvalue weighted by atomic mass is 32.1. The number of halogens is 1. The molecule has 0 aliphatic rings. The van der Waals surface area contributed by atoms with Crippen molar-refractivity contribution in [3.63, 3.8) is 0 Å². The summed E-state index contributed by atoms with van der Waals surface area (Å²) < 4.78 is 18.6. The number of rotatable bonds is 6. The fourth-order valence-electron chi connectivity index (χ4n) is 1.32. The Morgan fingerprint density at radius 2 is 2.31 bits per heavy atom. The Morgan fingerprint density at radius 3 is 2.94 bits per heavy atom. The fraction of sp³-hybridized carbons (Fsp3) is 0.364. The number of nitrogens with one attached hydrogen (secondary N) is 1. The number of thiocarbonyl (C=S) groups is 1. The Hall–Kier alpha value is -1.20. The van der Waals surface area contributed by atoms with Gasteiger partial charge in [0.05, 0.1) is 12.2 Å². The van der Waals surface area contributed by atoms with E-state index in [-0.39, 0.29) is 10.6 Å². The van der Waals surface area contributed by atoms with Crippen LogP contribution in [-0.2, 0) is 4.74 Å². The smallest absolute Gasteiger partial charge is 0.135 e. The quantitative estimate of drug-likeness (QED) is 0.591. The number of hydrogen-bond acceptors (Lipinski definition) is 3. The summed E-state index contributed by atoms with van der Waals surface area (Å²) in [6.45, 7) is 3.73. The summed E-state index contributed by atoms with van der Waals surface area (Å²) in [5.41, 5.74) is 6.33. The average molecular weight is 242 g/mol. The maximum absolute atomic E-state index is 13.4. The van der Waals surface area contributed by atoms with Crippen LogP contribution < -0.4 is 11.1 Å². The van der Waals surface area contributed by atoms with Crippen molar-refractivity contribution < 1.29 is 9.13 Å². The molecule has 0 aromatic heterocycles. The van der Waals surface area contributed by atoms with Crippen LogP contribution in [0.3, 0.4) is 0 Å². The zero-order chi connectivity index (χ0) is 12.0. The van der Waals surface area contributed by atoms with Crippen LogP contribution in [0.5, 0.6) is 0 Å². The highest BCUT2D eigenvalue weighted by Gasteiger charge is 2.10. The molecule has 0 bridgehead atoms. The van der Waals surface area contributed by atoms with Gasteiger partial charge in [0.25, 0.3) is 0 Å². The molecule has 0 spiro atoms. The van der Waals surface area contributed by atoms with E-state index < -0.39 is 5.82 Å². The maximum Gasteiger partial charge on any atom is 0.135 e. The van der Waals surface area contributed by atoms with Crippen molar-refractivity contribution in [3.05, 3.63) is 29.6 Å². The van der Waals surface area contributed by atoms with Gasteiger partial charge >= 0.3 is 0 Å². The van der Waals surface area contributed by atoms with Gasteiger partial charge in [-0.3, -0.25) is 0 Å². The van der Waals surface area contributed by atoms with Crippen LogP contribution in [0.2, 0.25) is 0 Å². The predicted octanol–water partition coefficient (Wildman–Crippen LogP) is 1.91. The van der Waals surface area contributed by atoms with Gasteiger partial charge in [-0.25, -0.2) is 4.39 Å². The molecule has 0 saturated carbocycles. The van der Waals surface area contributed by atoms with Crippen LogP contribution in [0.15, 0.2) is 18.2 Å². The number of anilines is 1. The molecule has 0 atom stereocenters. The number of benzene rings is 1. The lowest BCUT2D eigenvalue weighted by Crippen LogP contribution is -2.17. The Kier molecular flexibility index (Phi) is 5.14. The molecule has 0 aliphatic heterocycles. The first kappa shape index (κ1) is 12.9. The van der Waals surface area contributed by atoms with E-state index in [1.54, 1.807) is 12.1 Å². The third-order valence-electron chi connectivity index (χ3n) is 2.03. The molecule has 16 heavy (non-hydrogen) atoms. The van der Waals surface area contributed by atoms with Crippen molar-refractivity contribution in [3.8, 4) is 0 Å². The molecule has 0 amide bonds. The topological polar surface area (TPSA) is 47.3 Å². The predicted molar refractivity (Wildman–Crippen MR) is 67.3 cm³/mol. The zero-order valence-electron chi connectivity index (χ0n) is 9.13. The lowest BCUT2D eigenvalue weighted by molar-refractivity contribution is 0.158. The molecule has 88 valence electrons. The number of hydrogen-bond donors (Lipinski definition) is 2. The van der Waals surface area contributed by atoms with E-state index in [4.69, 9.17) is 22.7 Å². The second-order valence-corrected chi connectivity index (χ2v) is 3.59. The van der Waals surface area contributed by atoms with Gasteiger partial charge in [-0.05, 0) is 19.1 Å². The molecule has 5 heteroatoms. The number of nitrogens with two attached hydrogens (primary N) is 1. The van der Waals surface area contributed by atoms with Gasteiger partial charge in [0.15, 0.2) is 0 Å². The van der Waals surface area contributed by atoms with Gasteiger partial charge < -0.3 is 15.8 Å². The molecule has 0 saturated heterocycles. The van der Waals surface area contributed by atoms with Gasteiger partial charge in [-0.15, -0.1) is 0 Å².